The first-order valence-corrected chi connectivity index (χ1v) is 6.20. The molecule has 1 aromatic rings. The van der Waals surface area contributed by atoms with Crippen molar-refractivity contribution < 1.29 is 14.7 Å². The smallest absolute Gasteiger partial charge is 0.326 e. The molecule has 0 radical (unpaired) electrons. The number of nitrogens with zero attached hydrogens (tertiary/aromatic N) is 1. The molecule has 0 aliphatic carbocycles. The van der Waals surface area contributed by atoms with Crippen molar-refractivity contribution in [3.05, 3.63) is 35.9 Å². The molecule has 1 N–H and O–H groups in total. The predicted octanol–water partition coefficient (Wildman–Crippen LogP) is 1.87. The lowest BCUT2D eigenvalue weighted by atomic mass is 9.98. The molecule has 1 amide bonds. The molecule has 1 fully saturated rings. The zero-order chi connectivity index (χ0) is 13.1. The Bertz CT molecular complexity index is 444. The number of amides is 1. The fourth-order valence-corrected chi connectivity index (χ4v) is 2.51. The first kappa shape index (κ1) is 12.6. The van der Waals surface area contributed by atoms with Crippen molar-refractivity contribution in [1.82, 2.24) is 4.90 Å². The van der Waals surface area contributed by atoms with Crippen molar-refractivity contribution in [3.8, 4) is 0 Å². The first-order chi connectivity index (χ1) is 8.63. The minimum atomic E-state index is -0.917. The molecule has 96 valence electrons. The van der Waals surface area contributed by atoms with Crippen LogP contribution in [0.15, 0.2) is 30.3 Å². The van der Waals surface area contributed by atoms with Gasteiger partial charge in [0.05, 0.1) is 0 Å². The average molecular weight is 247 g/mol. The molecule has 1 saturated heterocycles. The van der Waals surface area contributed by atoms with E-state index in [2.05, 4.69) is 0 Å². The number of hydrogen-bond acceptors (Lipinski definition) is 2. The maximum atomic E-state index is 11.9. The number of hydrogen-bond donors (Lipinski definition) is 1. The summed E-state index contributed by atoms with van der Waals surface area (Å²) in [5.41, 5.74) is 1.11. The third-order valence-corrected chi connectivity index (χ3v) is 3.48. The molecular formula is C14H17NO3. The summed E-state index contributed by atoms with van der Waals surface area (Å²) in [4.78, 5) is 24.5. The largest absolute Gasteiger partial charge is 0.480 e. The van der Waals surface area contributed by atoms with Crippen LogP contribution >= 0.6 is 0 Å². The maximum absolute atomic E-state index is 11.9. The van der Waals surface area contributed by atoms with Gasteiger partial charge in [-0.1, -0.05) is 37.3 Å². The van der Waals surface area contributed by atoms with Crippen molar-refractivity contribution in [2.75, 3.05) is 6.54 Å². The van der Waals surface area contributed by atoms with Crippen LogP contribution in [0.1, 0.15) is 31.2 Å². The Labute approximate surface area is 106 Å². The second kappa shape index (κ2) is 5.21. The number of rotatable bonds is 4. The standard InChI is InChI=1S/C14H17NO3/c1-2-12(14(17)18)15-9-11(8-13(15)16)10-6-4-3-5-7-10/h3-7,11-12H,2,8-9H2,1H3,(H,17,18). The number of carbonyl (C=O) groups excluding carboxylic acids is 1. The summed E-state index contributed by atoms with van der Waals surface area (Å²) in [5.74, 6) is -0.857. The number of benzene rings is 1. The van der Waals surface area contributed by atoms with Crippen LogP contribution in [0, 0.1) is 0 Å². The molecule has 4 heteroatoms. The lowest BCUT2D eigenvalue weighted by Gasteiger charge is -2.23. The highest BCUT2D eigenvalue weighted by Gasteiger charge is 2.37. The van der Waals surface area contributed by atoms with E-state index in [0.717, 1.165) is 5.56 Å². The van der Waals surface area contributed by atoms with E-state index in [1.165, 1.54) is 4.90 Å². The molecule has 18 heavy (non-hydrogen) atoms. The Hall–Kier alpha value is -1.84. The van der Waals surface area contributed by atoms with Gasteiger partial charge in [0, 0.05) is 18.9 Å². The van der Waals surface area contributed by atoms with E-state index in [9.17, 15) is 9.59 Å². The van der Waals surface area contributed by atoms with Gasteiger partial charge in [0.25, 0.3) is 0 Å². The molecule has 0 saturated carbocycles. The summed E-state index contributed by atoms with van der Waals surface area (Å²) >= 11 is 0. The van der Waals surface area contributed by atoms with Crippen LogP contribution in [0.2, 0.25) is 0 Å². The van der Waals surface area contributed by atoms with Crippen LogP contribution in [-0.4, -0.2) is 34.5 Å². The number of likely N-dealkylation sites (tertiary alicyclic amines) is 1. The summed E-state index contributed by atoms with van der Waals surface area (Å²) in [7, 11) is 0. The van der Waals surface area contributed by atoms with Crippen molar-refractivity contribution in [1.29, 1.82) is 0 Å². The third kappa shape index (κ3) is 2.37. The monoisotopic (exact) mass is 247 g/mol. The molecular weight excluding hydrogens is 230 g/mol. The van der Waals surface area contributed by atoms with Crippen LogP contribution in [0.4, 0.5) is 0 Å². The normalized spacial score (nSPS) is 21.1. The van der Waals surface area contributed by atoms with Gasteiger partial charge in [0.2, 0.25) is 5.91 Å². The Morgan fingerprint density at radius 1 is 1.44 bits per heavy atom. The summed E-state index contributed by atoms with van der Waals surface area (Å²) in [6, 6.07) is 9.11. The van der Waals surface area contributed by atoms with E-state index >= 15 is 0 Å². The second-order valence-electron chi connectivity index (χ2n) is 4.62. The van der Waals surface area contributed by atoms with Gasteiger partial charge in [0.1, 0.15) is 6.04 Å². The summed E-state index contributed by atoms with van der Waals surface area (Å²) < 4.78 is 0. The Morgan fingerprint density at radius 2 is 2.11 bits per heavy atom. The van der Waals surface area contributed by atoms with E-state index in [4.69, 9.17) is 5.11 Å². The fraction of sp³-hybridized carbons (Fsp3) is 0.429. The lowest BCUT2D eigenvalue weighted by molar-refractivity contribution is -0.148. The molecule has 0 aromatic heterocycles. The van der Waals surface area contributed by atoms with E-state index in [0.29, 0.717) is 19.4 Å². The zero-order valence-electron chi connectivity index (χ0n) is 10.4. The van der Waals surface area contributed by atoms with E-state index < -0.39 is 12.0 Å². The van der Waals surface area contributed by atoms with E-state index in [1.807, 2.05) is 30.3 Å². The van der Waals surface area contributed by atoms with Crippen molar-refractivity contribution >= 4 is 11.9 Å². The first-order valence-electron chi connectivity index (χ1n) is 6.20. The zero-order valence-corrected chi connectivity index (χ0v) is 10.4. The molecule has 1 aromatic carbocycles. The van der Waals surface area contributed by atoms with E-state index in [1.54, 1.807) is 6.92 Å². The van der Waals surface area contributed by atoms with Gasteiger partial charge in [-0.3, -0.25) is 4.79 Å². The number of carboxylic acid groups (broad SMARTS) is 1. The predicted molar refractivity (Wildman–Crippen MR) is 67.2 cm³/mol. The molecule has 2 rings (SSSR count). The Morgan fingerprint density at radius 3 is 2.67 bits per heavy atom. The highest BCUT2D eigenvalue weighted by molar-refractivity contribution is 5.85. The quantitative estimate of drug-likeness (QED) is 0.883. The molecule has 0 bridgehead atoms. The molecule has 1 aliphatic rings. The molecule has 2 unspecified atom stereocenters. The number of aliphatic carboxylic acids is 1. The third-order valence-electron chi connectivity index (χ3n) is 3.48. The van der Waals surface area contributed by atoms with Crippen LogP contribution in [0.3, 0.4) is 0 Å². The molecule has 0 spiro atoms. The van der Waals surface area contributed by atoms with Gasteiger partial charge in [-0.25, -0.2) is 4.79 Å². The minimum absolute atomic E-state index is 0.0573. The van der Waals surface area contributed by atoms with Crippen molar-refractivity contribution in [2.24, 2.45) is 0 Å². The van der Waals surface area contributed by atoms with E-state index in [-0.39, 0.29) is 11.8 Å². The average Bonchev–Trinajstić information content (AvgIpc) is 2.73. The van der Waals surface area contributed by atoms with Gasteiger partial charge in [-0.15, -0.1) is 0 Å². The van der Waals surface area contributed by atoms with Crippen LogP contribution in [-0.2, 0) is 9.59 Å². The van der Waals surface area contributed by atoms with Crippen molar-refractivity contribution in [2.45, 2.75) is 31.7 Å². The van der Waals surface area contributed by atoms with Crippen molar-refractivity contribution in [3.63, 3.8) is 0 Å². The maximum Gasteiger partial charge on any atom is 0.326 e. The van der Waals surface area contributed by atoms with Crippen LogP contribution in [0.5, 0.6) is 0 Å². The topological polar surface area (TPSA) is 57.6 Å². The Balaban J connectivity index is 2.14. The van der Waals surface area contributed by atoms with Gasteiger partial charge < -0.3 is 10.0 Å². The lowest BCUT2D eigenvalue weighted by Crippen LogP contribution is -2.41. The highest BCUT2D eigenvalue weighted by Crippen LogP contribution is 2.29. The Kier molecular flexibility index (Phi) is 3.65. The van der Waals surface area contributed by atoms with Gasteiger partial charge in [-0.2, -0.15) is 0 Å². The van der Waals surface area contributed by atoms with Gasteiger partial charge in [0.15, 0.2) is 0 Å². The highest BCUT2D eigenvalue weighted by atomic mass is 16.4. The molecule has 1 heterocycles. The fourth-order valence-electron chi connectivity index (χ4n) is 2.51. The molecule has 4 nitrogen and oxygen atoms in total. The van der Waals surface area contributed by atoms with Gasteiger partial charge >= 0.3 is 5.97 Å². The SMILES string of the molecule is CCC(C(=O)O)N1CC(c2ccccc2)CC1=O. The molecule has 1 aliphatic heterocycles. The van der Waals surface area contributed by atoms with Gasteiger partial charge in [-0.05, 0) is 12.0 Å². The minimum Gasteiger partial charge on any atom is -0.480 e. The number of carbonyl (C=O) groups is 2. The summed E-state index contributed by atoms with van der Waals surface area (Å²) in [6.07, 6.45) is 0.858. The second-order valence-corrected chi connectivity index (χ2v) is 4.62. The summed E-state index contributed by atoms with van der Waals surface area (Å²) in [6.45, 7) is 2.30. The van der Waals surface area contributed by atoms with Crippen LogP contribution < -0.4 is 0 Å². The number of carboxylic acids is 1. The summed E-state index contributed by atoms with van der Waals surface area (Å²) in [5, 5.41) is 9.11. The molecule has 2 atom stereocenters. The van der Waals surface area contributed by atoms with Crippen LogP contribution in [0.25, 0.3) is 0 Å².